The molecular weight excluding hydrogens is 282 g/mol. The van der Waals surface area contributed by atoms with Crippen LogP contribution in [0.4, 0.5) is 5.69 Å². The molecule has 0 unspecified atom stereocenters. The van der Waals surface area contributed by atoms with Gasteiger partial charge in [0.25, 0.3) is 0 Å². The van der Waals surface area contributed by atoms with Crippen molar-refractivity contribution >= 4 is 17.3 Å². The average Bonchev–Trinajstić information content (AvgIpc) is 2.78. The highest BCUT2D eigenvalue weighted by molar-refractivity contribution is 6.33. The first kappa shape index (κ1) is 13.7. The van der Waals surface area contributed by atoms with Crippen LogP contribution in [-0.2, 0) is 0 Å². The third-order valence-electron chi connectivity index (χ3n) is 3.58. The molecule has 3 nitrogen and oxygen atoms in total. The summed E-state index contributed by atoms with van der Waals surface area (Å²) in [5.41, 5.74) is 11.7. The van der Waals surface area contributed by atoms with E-state index in [1.807, 2.05) is 60.1 Å². The van der Waals surface area contributed by atoms with E-state index in [0.717, 1.165) is 28.2 Å². The summed E-state index contributed by atoms with van der Waals surface area (Å²) in [7, 11) is 0. The highest BCUT2D eigenvalue weighted by atomic mass is 35.5. The summed E-state index contributed by atoms with van der Waals surface area (Å²) in [6.07, 6.45) is 0. The van der Waals surface area contributed by atoms with Gasteiger partial charge in [-0.15, -0.1) is 0 Å². The fraction of sp³-hybridized carbons (Fsp3) is 0.118. The molecule has 0 amide bonds. The molecule has 21 heavy (non-hydrogen) atoms. The van der Waals surface area contributed by atoms with E-state index in [1.54, 1.807) is 0 Å². The molecule has 0 aliphatic heterocycles. The fourth-order valence-corrected chi connectivity index (χ4v) is 2.70. The number of halogens is 1. The number of nitrogens with two attached hydrogens (primary N) is 1. The topological polar surface area (TPSA) is 43.8 Å². The van der Waals surface area contributed by atoms with Gasteiger partial charge < -0.3 is 5.73 Å². The third-order valence-corrected chi connectivity index (χ3v) is 3.92. The van der Waals surface area contributed by atoms with Crippen LogP contribution < -0.4 is 5.73 Å². The van der Waals surface area contributed by atoms with Crippen molar-refractivity contribution in [2.75, 3.05) is 5.73 Å². The molecule has 0 fully saturated rings. The van der Waals surface area contributed by atoms with Crippen molar-refractivity contribution in [3.05, 3.63) is 64.9 Å². The summed E-state index contributed by atoms with van der Waals surface area (Å²) < 4.78 is 1.95. The first-order valence-corrected chi connectivity index (χ1v) is 7.13. The molecule has 1 aromatic heterocycles. The lowest BCUT2D eigenvalue weighted by atomic mass is 10.0. The monoisotopic (exact) mass is 297 g/mol. The molecule has 1 heterocycles. The molecule has 3 rings (SSSR count). The molecule has 2 N–H and O–H groups in total. The normalized spacial score (nSPS) is 10.8. The zero-order chi connectivity index (χ0) is 15.0. The number of rotatable bonds is 2. The molecule has 0 aliphatic rings. The minimum Gasteiger partial charge on any atom is -0.398 e. The Balaban J connectivity index is 2.16. The lowest BCUT2D eigenvalue weighted by Gasteiger charge is -2.07. The lowest BCUT2D eigenvalue weighted by molar-refractivity contribution is 0.834. The standard InChI is InChI=1S/C17H16ClN3/c1-11-17(13-8-9-15(18)16(19)10-13)12(2)21(20-11)14-6-4-3-5-7-14/h3-10H,19H2,1-2H3. The Morgan fingerprint density at radius 1 is 1.05 bits per heavy atom. The summed E-state index contributed by atoms with van der Waals surface area (Å²) >= 11 is 6.00. The van der Waals surface area contributed by atoms with Gasteiger partial charge >= 0.3 is 0 Å². The Labute approximate surface area is 129 Å². The maximum atomic E-state index is 6.00. The Kier molecular flexibility index (Phi) is 3.43. The molecule has 0 atom stereocenters. The van der Waals surface area contributed by atoms with Crippen molar-refractivity contribution in [3.63, 3.8) is 0 Å². The summed E-state index contributed by atoms with van der Waals surface area (Å²) in [5, 5.41) is 5.23. The Morgan fingerprint density at radius 3 is 2.43 bits per heavy atom. The zero-order valence-electron chi connectivity index (χ0n) is 12.0. The average molecular weight is 298 g/mol. The third kappa shape index (κ3) is 2.41. The van der Waals surface area contributed by atoms with Crippen molar-refractivity contribution in [2.24, 2.45) is 0 Å². The van der Waals surface area contributed by atoms with Crippen LogP contribution in [0.25, 0.3) is 16.8 Å². The number of para-hydroxylation sites is 1. The van der Waals surface area contributed by atoms with Crippen molar-refractivity contribution in [2.45, 2.75) is 13.8 Å². The number of anilines is 1. The lowest BCUT2D eigenvalue weighted by Crippen LogP contribution is -1.98. The van der Waals surface area contributed by atoms with E-state index in [1.165, 1.54) is 0 Å². The van der Waals surface area contributed by atoms with E-state index in [9.17, 15) is 0 Å². The molecular formula is C17H16ClN3. The fourth-order valence-electron chi connectivity index (χ4n) is 2.58. The van der Waals surface area contributed by atoms with Crippen molar-refractivity contribution in [3.8, 4) is 16.8 Å². The van der Waals surface area contributed by atoms with Crippen LogP contribution >= 0.6 is 11.6 Å². The number of benzene rings is 2. The van der Waals surface area contributed by atoms with Crippen LogP contribution in [0.3, 0.4) is 0 Å². The van der Waals surface area contributed by atoms with Gasteiger partial charge in [0.15, 0.2) is 0 Å². The molecule has 0 saturated carbocycles. The smallest absolute Gasteiger partial charge is 0.0679 e. The summed E-state index contributed by atoms with van der Waals surface area (Å²) in [5.74, 6) is 0. The van der Waals surface area contributed by atoms with E-state index >= 15 is 0 Å². The van der Waals surface area contributed by atoms with E-state index in [0.29, 0.717) is 10.7 Å². The highest BCUT2D eigenvalue weighted by Crippen LogP contribution is 2.32. The summed E-state index contributed by atoms with van der Waals surface area (Å²) in [4.78, 5) is 0. The zero-order valence-corrected chi connectivity index (χ0v) is 12.7. The maximum Gasteiger partial charge on any atom is 0.0679 e. The number of hydrogen-bond acceptors (Lipinski definition) is 2. The van der Waals surface area contributed by atoms with Gasteiger partial charge in [0.1, 0.15) is 0 Å². The Bertz CT molecular complexity index is 791. The van der Waals surface area contributed by atoms with E-state index < -0.39 is 0 Å². The molecule has 0 spiro atoms. The Hall–Kier alpha value is -2.26. The predicted molar refractivity (Wildman–Crippen MR) is 87.9 cm³/mol. The second-order valence-corrected chi connectivity index (χ2v) is 5.44. The number of nitrogens with zero attached hydrogens (tertiary/aromatic N) is 2. The molecule has 0 radical (unpaired) electrons. The number of hydrogen-bond donors (Lipinski definition) is 1. The van der Waals surface area contributed by atoms with Gasteiger partial charge in [-0.05, 0) is 43.7 Å². The SMILES string of the molecule is Cc1nn(-c2ccccc2)c(C)c1-c1ccc(Cl)c(N)c1. The van der Waals surface area contributed by atoms with E-state index in [2.05, 4.69) is 12.0 Å². The van der Waals surface area contributed by atoms with Crippen LogP contribution in [0.1, 0.15) is 11.4 Å². The van der Waals surface area contributed by atoms with Gasteiger partial charge in [-0.3, -0.25) is 0 Å². The first-order valence-electron chi connectivity index (χ1n) is 6.75. The Morgan fingerprint density at radius 2 is 1.76 bits per heavy atom. The molecule has 0 saturated heterocycles. The van der Waals surface area contributed by atoms with Crippen LogP contribution in [-0.4, -0.2) is 9.78 Å². The minimum absolute atomic E-state index is 0.574. The summed E-state index contributed by atoms with van der Waals surface area (Å²) in [6.45, 7) is 4.07. The van der Waals surface area contributed by atoms with Crippen LogP contribution in [0, 0.1) is 13.8 Å². The van der Waals surface area contributed by atoms with Gasteiger partial charge in [0.05, 0.1) is 22.1 Å². The molecule has 4 heteroatoms. The second kappa shape index (κ2) is 5.26. The van der Waals surface area contributed by atoms with Gasteiger partial charge in [-0.1, -0.05) is 35.9 Å². The molecule has 2 aromatic carbocycles. The quantitative estimate of drug-likeness (QED) is 0.713. The predicted octanol–water partition coefficient (Wildman–Crippen LogP) is 4.39. The van der Waals surface area contributed by atoms with Crippen LogP contribution in [0.2, 0.25) is 5.02 Å². The van der Waals surface area contributed by atoms with Crippen molar-refractivity contribution < 1.29 is 0 Å². The van der Waals surface area contributed by atoms with E-state index in [4.69, 9.17) is 17.3 Å². The largest absolute Gasteiger partial charge is 0.398 e. The van der Waals surface area contributed by atoms with Gasteiger partial charge in [-0.2, -0.15) is 5.10 Å². The number of aryl methyl sites for hydroxylation is 1. The van der Waals surface area contributed by atoms with Crippen LogP contribution in [0.15, 0.2) is 48.5 Å². The van der Waals surface area contributed by atoms with Crippen LogP contribution in [0.5, 0.6) is 0 Å². The molecule has 0 bridgehead atoms. The second-order valence-electron chi connectivity index (χ2n) is 5.03. The molecule has 3 aromatic rings. The van der Waals surface area contributed by atoms with Gasteiger partial charge in [-0.25, -0.2) is 4.68 Å². The molecule has 0 aliphatic carbocycles. The molecule has 106 valence electrons. The van der Waals surface area contributed by atoms with Gasteiger partial charge in [0, 0.05) is 11.3 Å². The number of aromatic nitrogens is 2. The maximum absolute atomic E-state index is 6.00. The highest BCUT2D eigenvalue weighted by Gasteiger charge is 2.15. The minimum atomic E-state index is 0.574. The van der Waals surface area contributed by atoms with Gasteiger partial charge in [0.2, 0.25) is 0 Å². The van der Waals surface area contributed by atoms with Crippen molar-refractivity contribution in [1.82, 2.24) is 9.78 Å². The first-order chi connectivity index (χ1) is 10.1. The van der Waals surface area contributed by atoms with E-state index in [-0.39, 0.29) is 0 Å². The summed E-state index contributed by atoms with van der Waals surface area (Å²) in [6, 6.07) is 15.8. The number of nitrogen functional groups attached to an aromatic ring is 1. The van der Waals surface area contributed by atoms with Crippen molar-refractivity contribution in [1.29, 1.82) is 0 Å².